The van der Waals surface area contributed by atoms with Crippen molar-refractivity contribution in [1.82, 2.24) is 31.7 Å². The van der Waals surface area contributed by atoms with Crippen LogP contribution in [0.15, 0.2) is 0 Å². The van der Waals surface area contributed by atoms with Crippen LogP contribution in [0.1, 0.15) is 72.1 Å². The number of rotatable bonds is 11. The quantitative estimate of drug-likeness (QED) is 0.173. The van der Waals surface area contributed by atoms with Gasteiger partial charge < -0.3 is 10.5 Å². The summed E-state index contributed by atoms with van der Waals surface area (Å²) in [4.78, 5) is 13.8. The maximum atomic E-state index is 16.0. The molecule has 0 aromatic carbocycles. The minimum Gasteiger partial charge on any atom is -0.375 e. The van der Waals surface area contributed by atoms with E-state index in [0.29, 0.717) is 19.5 Å². The van der Waals surface area contributed by atoms with E-state index >= 15 is 4.39 Å². The monoisotopic (exact) mass is 747 g/mol. The first-order chi connectivity index (χ1) is 23.0. The first kappa shape index (κ1) is 39.3. The van der Waals surface area contributed by atoms with Gasteiger partial charge in [0.1, 0.15) is 42.5 Å². The van der Waals surface area contributed by atoms with Crippen LogP contribution in [0.4, 0.5) is 22.0 Å². The molecule has 11 nitrogen and oxygen atoms in total. The Morgan fingerprint density at radius 3 is 2.16 bits per heavy atom. The number of piperidine rings is 1. The number of likely N-dealkylation sites (tertiary alicyclic amines) is 1. The summed E-state index contributed by atoms with van der Waals surface area (Å²) < 4.78 is 106. The summed E-state index contributed by atoms with van der Waals surface area (Å²) in [6, 6.07) is 0.246. The molecule has 3 saturated heterocycles. The number of thioether (sulfide) groups is 1. The Balaban J connectivity index is 1.27. The fourth-order valence-electron chi connectivity index (χ4n) is 8.45. The van der Waals surface area contributed by atoms with Crippen molar-refractivity contribution < 1.29 is 39.9 Å². The van der Waals surface area contributed by atoms with E-state index in [1.165, 1.54) is 11.8 Å². The Hall–Kier alpha value is -0.860. The topological polar surface area (TPSA) is 150 Å². The van der Waals surface area contributed by atoms with Crippen molar-refractivity contribution in [3.05, 3.63) is 0 Å². The van der Waals surface area contributed by atoms with Gasteiger partial charge in [0, 0.05) is 37.2 Å². The standard InChI is InChI=1S/C31H54F5N7O4S2/c1-15-11-23(42-41-15)38-28-27(47-4)29(43-9-7-16(8-10-43)12-22(37)44)40-30(39-28)48-21-6-5-17(13-18(21)32)49(45,46)31(2,3)24-25(35)19(33)14-20(34)26(24)36/h15-21,23-30,38-42H,5-14H2,1-4H3,(H2,37,44). The second kappa shape index (κ2) is 16.0. The second-order valence-corrected chi connectivity index (χ2v) is 19.2. The summed E-state index contributed by atoms with van der Waals surface area (Å²) in [5.41, 5.74) is 11.4. The molecule has 0 radical (unpaired) electrons. The lowest BCUT2D eigenvalue weighted by Gasteiger charge is -2.50. The normalized spacial score (nSPS) is 43.4. The molecule has 3 heterocycles. The number of sulfone groups is 1. The summed E-state index contributed by atoms with van der Waals surface area (Å²) in [5, 5.41) is 8.83. The number of methoxy groups -OCH3 is 1. The zero-order chi connectivity index (χ0) is 35.8. The van der Waals surface area contributed by atoms with Crippen molar-refractivity contribution in [3.8, 4) is 0 Å². The van der Waals surface area contributed by atoms with Crippen LogP contribution in [0.3, 0.4) is 0 Å². The van der Waals surface area contributed by atoms with Crippen molar-refractivity contribution in [1.29, 1.82) is 0 Å². The minimum atomic E-state index is -4.41. The molecule has 5 fully saturated rings. The molecule has 0 aromatic rings. The van der Waals surface area contributed by atoms with Gasteiger partial charge in [0.15, 0.2) is 9.84 Å². The Bertz CT molecular complexity index is 1220. The molecule has 0 aromatic heterocycles. The van der Waals surface area contributed by atoms with E-state index in [1.807, 2.05) is 0 Å². The zero-order valence-corrected chi connectivity index (χ0v) is 30.2. The predicted octanol–water partition coefficient (Wildman–Crippen LogP) is 2.08. The number of nitrogens with one attached hydrogen (secondary N) is 5. The van der Waals surface area contributed by atoms with Crippen LogP contribution < -0.4 is 32.5 Å². The molecule has 13 unspecified atom stereocenters. The van der Waals surface area contributed by atoms with Gasteiger partial charge in [-0.15, -0.1) is 11.8 Å². The third-order valence-electron chi connectivity index (χ3n) is 11.3. The first-order valence-electron chi connectivity index (χ1n) is 17.5. The molecule has 2 aliphatic carbocycles. The van der Waals surface area contributed by atoms with Crippen molar-refractivity contribution in [2.24, 2.45) is 17.6 Å². The number of alkyl halides is 5. The number of carbonyl (C=O) groups is 1. The summed E-state index contributed by atoms with van der Waals surface area (Å²) in [6.45, 7) is 5.68. The second-order valence-electron chi connectivity index (χ2n) is 15.1. The highest BCUT2D eigenvalue weighted by molar-refractivity contribution is 8.00. The molecule has 0 spiro atoms. The number of halogens is 5. The summed E-state index contributed by atoms with van der Waals surface area (Å²) in [6.07, 6.45) is -10.6. The van der Waals surface area contributed by atoms with Crippen LogP contribution >= 0.6 is 11.8 Å². The van der Waals surface area contributed by atoms with Gasteiger partial charge in [-0.3, -0.25) is 31.1 Å². The number of ether oxygens (including phenoxy) is 1. The molecule has 13 atom stereocenters. The Kier molecular flexibility index (Phi) is 12.9. The van der Waals surface area contributed by atoms with Crippen LogP contribution in [0.25, 0.3) is 0 Å². The zero-order valence-electron chi connectivity index (χ0n) is 28.6. The van der Waals surface area contributed by atoms with Gasteiger partial charge in [-0.1, -0.05) is 0 Å². The fraction of sp³-hybridized carbons (Fsp3) is 0.968. The van der Waals surface area contributed by atoms with Gasteiger partial charge in [0.25, 0.3) is 0 Å². The van der Waals surface area contributed by atoms with Crippen molar-refractivity contribution in [2.75, 3.05) is 20.2 Å². The first-order valence-corrected chi connectivity index (χ1v) is 20.0. The van der Waals surface area contributed by atoms with Gasteiger partial charge >= 0.3 is 0 Å². The van der Waals surface area contributed by atoms with Gasteiger partial charge in [-0.2, -0.15) is 0 Å². The number of nitrogens with zero attached hydrogens (tertiary/aromatic N) is 1. The molecule has 284 valence electrons. The highest BCUT2D eigenvalue weighted by Gasteiger charge is 2.59. The van der Waals surface area contributed by atoms with Gasteiger partial charge in [-0.05, 0) is 78.3 Å². The maximum absolute atomic E-state index is 16.0. The van der Waals surface area contributed by atoms with Gasteiger partial charge in [0.2, 0.25) is 5.91 Å². The third-order valence-corrected chi connectivity index (χ3v) is 15.8. The molecule has 18 heteroatoms. The number of primary amides is 1. The van der Waals surface area contributed by atoms with Gasteiger partial charge in [0.05, 0.1) is 28.5 Å². The number of amides is 1. The predicted molar refractivity (Wildman–Crippen MR) is 178 cm³/mol. The van der Waals surface area contributed by atoms with E-state index in [1.54, 1.807) is 7.11 Å². The lowest BCUT2D eigenvalue weighted by atomic mass is 9.76. The number of hydrogen-bond acceptors (Lipinski definition) is 11. The fourth-order valence-corrected chi connectivity index (χ4v) is 12.2. The average molecular weight is 748 g/mol. The number of hydrogen-bond donors (Lipinski definition) is 6. The lowest BCUT2D eigenvalue weighted by Crippen LogP contribution is -2.75. The molecular formula is C31H54F5N7O4S2. The lowest BCUT2D eigenvalue weighted by molar-refractivity contribution is -0.119. The van der Waals surface area contributed by atoms with E-state index in [0.717, 1.165) is 33.1 Å². The van der Waals surface area contributed by atoms with E-state index in [4.69, 9.17) is 10.5 Å². The molecular weight excluding hydrogens is 694 g/mol. The largest absolute Gasteiger partial charge is 0.375 e. The smallest absolute Gasteiger partial charge is 0.217 e. The molecule has 3 aliphatic heterocycles. The van der Waals surface area contributed by atoms with Gasteiger partial charge in [-0.25, -0.2) is 35.8 Å². The Labute approximate surface area is 290 Å². The van der Waals surface area contributed by atoms with Crippen molar-refractivity contribution >= 4 is 27.5 Å². The Morgan fingerprint density at radius 2 is 1.61 bits per heavy atom. The highest BCUT2D eigenvalue weighted by atomic mass is 32.2. The van der Waals surface area contributed by atoms with E-state index in [2.05, 4.69) is 38.6 Å². The molecule has 49 heavy (non-hydrogen) atoms. The van der Waals surface area contributed by atoms with Crippen molar-refractivity contribution in [3.63, 3.8) is 0 Å². The van der Waals surface area contributed by atoms with Crippen molar-refractivity contribution in [2.45, 2.75) is 154 Å². The average Bonchev–Trinajstić information content (AvgIpc) is 3.45. The maximum Gasteiger partial charge on any atom is 0.217 e. The molecule has 0 bridgehead atoms. The van der Waals surface area contributed by atoms with Crippen LogP contribution in [0.5, 0.6) is 0 Å². The molecule has 2 saturated carbocycles. The summed E-state index contributed by atoms with van der Waals surface area (Å²) in [7, 11) is -2.77. The summed E-state index contributed by atoms with van der Waals surface area (Å²) in [5.74, 6) is -2.15. The number of carbonyl (C=O) groups excluding carboxylic acids is 1. The van der Waals surface area contributed by atoms with E-state index in [9.17, 15) is 30.8 Å². The molecule has 7 N–H and O–H groups in total. The minimum absolute atomic E-state index is 0.0457. The molecule has 5 aliphatic rings. The highest BCUT2D eigenvalue weighted by Crippen LogP contribution is 2.47. The van der Waals surface area contributed by atoms with Crippen LogP contribution in [0.2, 0.25) is 0 Å². The number of nitrogens with two attached hydrogens (primary N) is 1. The Morgan fingerprint density at radius 1 is 0.959 bits per heavy atom. The van der Waals surface area contributed by atoms with Crippen LogP contribution in [-0.2, 0) is 19.4 Å². The van der Waals surface area contributed by atoms with Crippen LogP contribution in [-0.4, -0.2) is 122 Å². The number of hydrazine groups is 1. The van der Waals surface area contributed by atoms with E-state index < -0.39 is 73.8 Å². The van der Waals surface area contributed by atoms with Crippen LogP contribution in [0, 0.1) is 11.8 Å². The third kappa shape index (κ3) is 8.53. The SMILES string of the molecule is COC1C(NC2CC(C)NN2)NC(SC2CCC(S(=O)(=O)C(C)(C)C3C(F)C(F)CC(F)C3F)CC2F)NC1N1CCC(CC(N)=O)CC1. The molecule has 1 amide bonds. The molecule has 5 rings (SSSR count). The summed E-state index contributed by atoms with van der Waals surface area (Å²) >= 11 is 1.32. The van der Waals surface area contributed by atoms with E-state index in [-0.39, 0.29) is 61.7 Å².